The van der Waals surface area contributed by atoms with Gasteiger partial charge < -0.3 is 4.90 Å². The van der Waals surface area contributed by atoms with Gasteiger partial charge in [0.25, 0.3) is 0 Å². The Bertz CT molecular complexity index is 817. The summed E-state index contributed by atoms with van der Waals surface area (Å²) in [6.07, 6.45) is 6.13. The van der Waals surface area contributed by atoms with Crippen molar-refractivity contribution in [2.45, 2.75) is 25.4 Å². The highest BCUT2D eigenvalue weighted by atomic mass is 15.3. The summed E-state index contributed by atoms with van der Waals surface area (Å²) in [5, 5.41) is 13.0. The Balaban J connectivity index is 1.40. The van der Waals surface area contributed by atoms with Crippen LogP contribution >= 0.6 is 0 Å². The molecule has 1 aliphatic heterocycles. The van der Waals surface area contributed by atoms with Crippen LogP contribution in [0.5, 0.6) is 0 Å². The third kappa shape index (κ3) is 3.75. The van der Waals surface area contributed by atoms with Gasteiger partial charge in [0.1, 0.15) is 0 Å². The molecule has 1 aromatic carbocycles. The summed E-state index contributed by atoms with van der Waals surface area (Å²) in [6, 6.07) is 16.8. The summed E-state index contributed by atoms with van der Waals surface area (Å²) >= 11 is 0. The number of likely N-dealkylation sites (N-methyl/N-ethyl adjacent to an activating group) is 1. The molecule has 3 heterocycles. The van der Waals surface area contributed by atoms with Gasteiger partial charge in [-0.25, -0.2) is 4.68 Å². The quantitative estimate of drug-likeness (QED) is 0.710. The highest BCUT2D eigenvalue weighted by Gasteiger charge is 2.24. The largest absolute Gasteiger partial charge is 0.354 e. The molecule has 1 aliphatic rings. The highest BCUT2D eigenvalue weighted by Crippen LogP contribution is 2.20. The standard InChI is InChI=1S/C20H24N6/c1-24(15-17-11-14-26(23-17)18-7-3-2-4-8-18)19-9-6-13-25(16-19)20-10-5-12-21-22-20/h2-5,7-8,10-12,14,19H,6,9,13,15-16H2,1H3/t19-/m0/s1. The van der Waals surface area contributed by atoms with Gasteiger partial charge in [-0.1, -0.05) is 18.2 Å². The Morgan fingerprint density at radius 2 is 2.00 bits per heavy atom. The second-order valence-electron chi connectivity index (χ2n) is 6.83. The van der Waals surface area contributed by atoms with Crippen LogP contribution in [0.25, 0.3) is 5.69 Å². The van der Waals surface area contributed by atoms with E-state index in [-0.39, 0.29) is 0 Å². The molecular formula is C20H24N6. The zero-order chi connectivity index (χ0) is 17.8. The molecule has 1 fully saturated rings. The van der Waals surface area contributed by atoms with E-state index in [1.54, 1.807) is 6.20 Å². The van der Waals surface area contributed by atoms with E-state index in [9.17, 15) is 0 Å². The van der Waals surface area contributed by atoms with Crippen molar-refractivity contribution < 1.29 is 0 Å². The second kappa shape index (κ2) is 7.66. The van der Waals surface area contributed by atoms with Gasteiger partial charge in [-0.05, 0) is 50.2 Å². The van der Waals surface area contributed by atoms with Crippen molar-refractivity contribution in [1.82, 2.24) is 24.9 Å². The topological polar surface area (TPSA) is 50.1 Å². The van der Waals surface area contributed by atoms with Gasteiger partial charge in [-0.15, -0.1) is 5.10 Å². The van der Waals surface area contributed by atoms with Crippen LogP contribution in [-0.2, 0) is 6.54 Å². The van der Waals surface area contributed by atoms with E-state index in [0.29, 0.717) is 6.04 Å². The number of anilines is 1. The average Bonchev–Trinajstić information content (AvgIpc) is 3.18. The van der Waals surface area contributed by atoms with E-state index in [2.05, 4.69) is 45.2 Å². The van der Waals surface area contributed by atoms with Crippen LogP contribution in [0.15, 0.2) is 60.9 Å². The Hall–Kier alpha value is -2.73. The van der Waals surface area contributed by atoms with Crippen LogP contribution < -0.4 is 4.90 Å². The van der Waals surface area contributed by atoms with Crippen LogP contribution in [0.2, 0.25) is 0 Å². The molecule has 0 spiro atoms. The van der Waals surface area contributed by atoms with E-state index in [1.807, 2.05) is 41.2 Å². The molecule has 26 heavy (non-hydrogen) atoms. The maximum absolute atomic E-state index is 4.73. The monoisotopic (exact) mass is 348 g/mol. The molecule has 6 heteroatoms. The summed E-state index contributed by atoms with van der Waals surface area (Å²) in [5.74, 6) is 0.971. The summed E-state index contributed by atoms with van der Waals surface area (Å²) in [4.78, 5) is 4.74. The molecule has 3 aromatic rings. The number of nitrogens with zero attached hydrogens (tertiary/aromatic N) is 6. The van der Waals surface area contributed by atoms with Gasteiger partial charge in [-0.3, -0.25) is 4.90 Å². The van der Waals surface area contributed by atoms with Crippen LogP contribution in [0, 0.1) is 0 Å². The lowest BCUT2D eigenvalue weighted by Gasteiger charge is -2.37. The normalized spacial score (nSPS) is 17.6. The van der Waals surface area contributed by atoms with Crippen molar-refractivity contribution >= 4 is 5.82 Å². The van der Waals surface area contributed by atoms with Crippen molar-refractivity contribution in [3.8, 4) is 5.69 Å². The minimum atomic E-state index is 0.493. The number of rotatable bonds is 5. The summed E-state index contributed by atoms with van der Waals surface area (Å²) in [6.45, 7) is 2.87. The van der Waals surface area contributed by atoms with Crippen LogP contribution in [-0.4, -0.2) is 51.1 Å². The number of hydrogen-bond acceptors (Lipinski definition) is 5. The van der Waals surface area contributed by atoms with Gasteiger partial charge in [0.05, 0.1) is 11.4 Å². The SMILES string of the molecule is CN(Cc1ccn(-c2ccccc2)n1)[C@H]1CCCN(c2cccnn2)C1. The van der Waals surface area contributed by atoms with Gasteiger partial charge in [0.2, 0.25) is 0 Å². The molecule has 0 amide bonds. The van der Waals surface area contributed by atoms with E-state index in [4.69, 9.17) is 5.10 Å². The van der Waals surface area contributed by atoms with Gasteiger partial charge in [0.15, 0.2) is 5.82 Å². The van der Waals surface area contributed by atoms with E-state index >= 15 is 0 Å². The minimum absolute atomic E-state index is 0.493. The lowest BCUT2D eigenvalue weighted by atomic mass is 10.0. The molecule has 2 aromatic heterocycles. The fourth-order valence-electron chi connectivity index (χ4n) is 3.54. The summed E-state index contributed by atoms with van der Waals surface area (Å²) in [5.41, 5.74) is 2.18. The van der Waals surface area contributed by atoms with Crippen LogP contribution in [0.4, 0.5) is 5.82 Å². The number of benzene rings is 1. The maximum atomic E-state index is 4.73. The molecule has 0 N–H and O–H groups in total. The maximum Gasteiger partial charge on any atom is 0.151 e. The Morgan fingerprint density at radius 3 is 2.81 bits per heavy atom. The number of hydrogen-bond donors (Lipinski definition) is 0. The molecule has 0 aliphatic carbocycles. The van der Waals surface area contributed by atoms with Crippen molar-refractivity contribution in [2.75, 3.05) is 25.0 Å². The molecule has 0 unspecified atom stereocenters. The Kier molecular flexibility index (Phi) is 4.93. The predicted octanol–water partition coefficient (Wildman–Crippen LogP) is 2.76. The van der Waals surface area contributed by atoms with Gasteiger partial charge in [-0.2, -0.15) is 10.2 Å². The Morgan fingerprint density at radius 1 is 1.12 bits per heavy atom. The van der Waals surface area contributed by atoms with Crippen molar-refractivity contribution in [3.63, 3.8) is 0 Å². The Labute approximate surface area is 154 Å². The first-order valence-corrected chi connectivity index (χ1v) is 9.12. The molecule has 134 valence electrons. The summed E-state index contributed by atoms with van der Waals surface area (Å²) in [7, 11) is 2.19. The van der Waals surface area contributed by atoms with E-state index in [1.165, 1.54) is 12.8 Å². The fourth-order valence-corrected chi connectivity index (χ4v) is 3.54. The molecule has 1 atom stereocenters. The van der Waals surface area contributed by atoms with E-state index < -0.39 is 0 Å². The molecule has 6 nitrogen and oxygen atoms in total. The van der Waals surface area contributed by atoms with Crippen LogP contribution in [0.3, 0.4) is 0 Å². The molecule has 4 rings (SSSR count). The van der Waals surface area contributed by atoms with Crippen molar-refractivity contribution in [2.24, 2.45) is 0 Å². The second-order valence-corrected chi connectivity index (χ2v) is 6.83. The first-order valence-electron chi connectivity index (χ1n) is 9.12. The zero-order valence-corrected chi connectivity index (χ0v) is 15.1. The zero-order valence-electron chi connectivity index (χ0n) is 15.1. The average molecular weight is 348 g/mol. The number of aromatic nitrogens is 4. The van der Waals surface area contributed by atoms with Crippen molar-refractivity contribution in [3.05, 3.63) is 66.6 Å². The van der Waals surface area contributed by atoms with Crippen molar-refractivity contribution in [1.29, 1.82) is 0 Å². The lowest BCUT2D eigenvalue weighted by molar-refractivity contribution is 0.205. The molecular weight excluding hydrogens is 324 g/mol. The molecule has 1 saturated heterocycles. The predicted molar refractivity (Wildman–Crippen MR) is 102 cm³/mol. The van der Waals surface area contributed by atoms with E-state index in [0.717, 1.165) is 36.8 Å². The molecule has 0 bridgehead atoms. The minimum Gasteiger partial charge on any atom is -0.354 e. The van der Waals surface area contributed by atoms with Gasteiger partial charge >= 0.3 is 0 Å². The number of para-hydroxylation sites is 1. The van der Waals surface area contributed by atoms with Gasteiger partial charge in [0, 0.05) is 38.1 Å². The number of piperidine rings is 1. The molecule has 0 radical (unpaired) electrons. The third-order valence-electron chi connectivity index (χ3n) is 4.98. The molecule has 0 saturated carbocycles. The first-order chi connectivity index (χ1) is 12.8. The third-order valence-corrected chi connectivity index (χ3v) is 4.98. The fraction of sp³-hybridized carbons (Fsp3) is 0.350. The highest BCUT2D eigenvalue weighted by molar-refractivity contribution is 5.37. The van der Waals surface area contributed by atoms with Crippen LogP contribution in [0.1, 0.15) is 18.5 Å². The summed E-state index contributed by atoms with van der Waals surface area (Å²) < 4.78 is 1.94. The smallest absolute Gasteiger partial charge is 0.151 e. The lowest BCUT2D eigenvalue weighted by Crippen LogP contribution is -2.46. The first kappa shape index (κ1) is 16.7.